The Hall–Kier alpha value is -1.19. The molecule has 2 aromatic rings. The Kier molecular flexibility index (Phi) is 4.95. The summed E-state index contributed by atoms with van der Waals surface area (Å²) in [5.74, 6) is 0. The van der Waals surface area contributed by atoms with Crippen molar-refractivity contribution >= 4 is 13.6 Å². The molecule has 0 aliphatic rings. The maximum absolute atomic E-state index is 10.9. The van der Waals surface area contributed by atoms with Crippen molar-refractivity contribution in [3.8, 4) is 11.1 Å². The summed E-state index contributed by atoms with van der Waals surface area (Å²) < 4.78 is 30.8. The van der Waals surface area contributed by atoms with Crippen LogP contribution in [-0.2, 0) is 29.6 Å². The second-order valence-corrected chi connectivity index (χ2v) is 9.28. The minimum absolute atomic E-state index is 0.335. The van der Waals surface area contributed by atoms with E-state index in [1.54, 1.807) is 0 Å². The Morgan fingerprint density at radius 1 is 1.05 bits per heavy atom. The molecule has 4 nitrogen and oxygen atoms in total. The topological polar surface area (TPSA) is 66.4 Å². The van der Waals surface area contributed by atoms with Crippen LogP contribution in [0.2, 0.25) is 0 Å². The average molecular weight is 384 g/mol. The molecule has 0 radical (unpaired) electrons. The van der Waals surface area contributed by atoms with Crippen LogP contribution in [0.15, 0.2) is 48.5 Å². The summed E-state index contributed by atoms with van der Waals surface area (Å²) in [4.78, 5) is 0.335. The van der Waals surface area contributed by atoms with Crippen molar-refractivity contribution in [3.63, 3.8) is 0 Å². The van der Waals surface area contributed by atoms with Gasteiger partial charge in [0.15, 0.2) is 0 Å². The molecule has 6 heteroatoms. The van der Waals surface area contributed by atoms with E-state index in [0.717, 1.165) is 22.4 Å². The minimum atomic E-state index is -3.90. The van der Waals surface area contributed by atoms with E-state index < -0.39 is 24.7 Å². The van der Waals surface area contributed by atoms with Crippen molar-refractivity contribution in [1.82, 2.24) is 0 Å². The molecule has 0 fully saturated rings. The third kappa shape index (κ3) is 3.90. The van der Waals surface area contributed by atoms with Gasteiger partial charge in [-0.3, -0.25) is 0 Å². The zero-order chi connectivity index (χ0) is 14.6. The first-order chi connectivity index (χ1) is 9.51. The summed E-state index contributed by atoms with van der Waals surface area (Å²) in [6.45, 7) is 0. The van der Waals surface area contributed by atoms with Crippen LogP contribution < -0.4 is 5.32 Å². The molecule has 0 saturated carbocycles. The molecule has 20 heavy (non-hydrogen) atoms. The first-order valence-electron chi connectivity index (χ1n) is 5.88. The van der Waals surface area contributed by atoms with E-state index in [4.69, 9.17) is 4.55 Å². The number of rotatable bonds is 5. The Labute approximate surface area is 125 Å². The zero-order valence-electron chi connectivity index (χ0n) is 10.8. The monoisotopic (exact) mass is 383 g/mol. The number of anilines is 1. The Morgan fingerprint density at radius 2 is 1.65 bits per heavy atom. The molecule has 0 amide bonds. The second kappa shape index (κ2) is 6.51. The number of para-hydroxylation sites is 1. The molecular weight excluding hydrogens is 369 g/mol. The van der Waals surface area contributed by atoms with Crippen LogP contribution in [0.4, 0.5) is 5.69 Å². The molecule has 2 rings (SSSR count). The van der Waals surface area contributed by atoms with E-state index in [1.807, 2.05) is 55.6 Å². The van der Waals surface area contributed by atoms with Gasteiger partial charge in [0.1, 0.15) is 0 Å². The molecule has 0 heterocycles. The Balaban J connectivity index is 2.42. The molecule has 0 unspecified atom stereocenters. The van der Waals surface area contributed by atoms with E-state index in [2.05, 4.69) is 5.32 Å². The van der Waals surface area contributed by atoms with Gasteiger partial charge in [-0.15, -0.1) is 0 Å². The number of hydrogen-bond acceptors (Lipinski definition) is 3. The molecule has 0 saturated heterocycles. The van der Waals surface area contributed by atoms with Crippen molar-refractivity contribution in [2.45, 2.75) is 4.89 Å². The average Bonchev–Trinajstić information content (AvgIpc) is 2.44. The third-order valence-corrected chi connectivity index (χ3v) is 6.07. The summed E-state index contributed by atoms with van der Waals surface area (Å²) in [7, 11) is -2.05. The van der Waals surface area contributed by atoms with Gasteiger partial charge in [0, 0.05) is 0 Å². The van der Waals surface area contributed by atoms with E-state index >= 15 is 0 Å². The van der Waals surface area contributed by atoms with Crippen molar-refractivity contribution < 1.29 is 29.7 Å². The Morgan fingerprint density at radius 3 is 2.30 bits per heavy atom. The van der Waals surface area contributed by atoms with Crippen LogP contribution in [0.3, 0.4) is 0 Å². The fourth-order valence-corrected chi connectivity index (χ4v) is 4.19. The number of nitrogens with one attached hydrogen (secondary N) is 1. The van der Waals surface area contributed by atoms with Gasteiger partial charge in [-0.1, -0.05) is 0 Å². The summed E-state index contributed by atoms with van der Waals surface area (Å²) in [6, 6.07) is 15.5. The van der Waals surface area contributed by atoms with Gasteiger partial charge >= 0.3 is 126 Å². The van der Waals surface area contributed by atoms with Gasteiger partial charge in [0.05, 0.1) is 0 Å². The summed E-state index contributed by atoms with van der Waals surface area (Å²) in [5, 5.41) is 3.13. The predicted octanol–water partition coefficient (Wildman–Crippen LogP) is 2.78. The standard InChI is InChI=1S/C14H14N.HO3S.Pd/c1-11-7-3-4-8-12(11)13-9-5-6-10-14(13)15-2;1-4(2)3;/h3-10,15H,1H2,2H3;(H,1,2,3);. The van der Waals surface area contributed by atoms with Crippen molar-refractivity contribution in [1.29, 1.82) is 0 Å². The molecule has 0 aliphatic carbocycles. The van der Waals surface area contributed by atoms with Crippen LogP contribution >= 0.6 is 0 Å². The van der Waals surface area contributed by atoms with E-state index in [-0.39, 0.29) is 0 Å². The van der Waals surface area contributed by atoms with Gasteiger partial charge in [0.2, 0.25) is 0 Å². The molecule has 0 bridgehead atoms. The number of benzene rings is 2. The van der Waals surface area contributed by atoms with Gasteiger partial charge in [-0.25, -0.2) is 0 Å². The molecular formula is C14H15NO3PdS. The van der Waals surface area contributed by atoms with E-state index in [0.29, 0.717) is 4.89 Å². The summed E-state index contributed by atoms with van der Waals surface area (Å²) >= 11 is -0.745. The summed E-state index contributed by atoms with van der Waals surface area (Å²) in [5.41, 5.74) is 3.91. The SMILES string of the molecule is CNc1ccccc1-c1ccccc1[CH2][Pd][S](=O)(=O)O. The van der Waals surface area contributed by atoms with Crippen LogP contribution in [0.25, 0.3) is 11.1 Å². The molecule has 0 atom stereocenters. The van der Waals surface area contributed by atoms with Crippen LogP contribution in [0, 0.1) is 0 Å². The third-order valence-electron chi connectivity index (χ3n) is 2.79. The van der Waals surface area contributed by atoms with Crippen molar-refractivity contribution in [3.05, 3.63) is 54.1 Å². The van der Waals surface area contributed by atoms with Gasteiger partial charge in [-0.05, 0) is 0 Å². The van der Waals surface area contributed by atoms with Crippen molar-refractivity contribution in [2.24, 2.45) is 0 Å². The molecule has 2 N–H and O–H groups in total. The molecule has 0 aliphatic heterocycles. The Bertz CT molecular complexity index is 701. The molecule has 0 spiro atoms. The maximum atomic E-state index is 10.9. The first kappa shape index (κ1) is 15.2. The van der Waals surface area contributed by atoms with E-state index in [9.17, 15) is 8.42 Å². The van der Waals surface area contributed by atoms with Crippen molar-refractivity contribution in [2.75, 3.05) is 12.4 Å². The predicted molar refractivity (Wildman–Crippen MR) is 76.7 cm³/mol. The second-order valence-electron chi connectivity index (χ2n) is 4.04. The van der Waals surface area contributed by atoms with Crippen LogP contribution in [0.5, 0.6) is 0 Å². The number of hydrogen-bond donors (Lipinski definition) is 2. The quantitative estimate of drug-likeness (QED) is 0.615. The fourth-order valence-electron chi connectivity index (χ4n) is 1.92. The zero-order valence-corrected chi connectivity index (χ0v) is 13.2. The van der Waals surface area contributed by atoms with Gasteiger partial charge < -0.3 is 0 Å². The normalized spacial score (nSPS) is 11.5. The fraction of sp³-hybridized carbons (Fsp3) is 0.143. The van der Waals surface area contributed by atoms with E-state index in [1.165, 1.54) is 0 Å². The first-order valence-corrected chi connectivity index (χ1v) is 10.2. The van der Waals surface area contributed by atoms with Gasteiger partial charge in [-0.2, -0.15) is 0 Å². The molecule has 2 aromatic carbocycles. The summed E-state index contributed by atoms with van der Waals surface area (Å²) in [6.07, 6.45) is 0. The molecule has 0 aromatic heterocycles. The van der Waals surface area contributed by atoms with Crippen LogP contribution in [-0.4, -0.2) is 20.0 Å². The van der Waals surface area contributed by atoms with Crippen LogP contribution in [0.1, 0.15) is 5.56 Å². The molecule has 110 valence electrons. The van der Waals surface area contributed by atoms with Gasteiger partial charge in [0.25, 0.3) is 0 Å².